The first-order chi connectivity index (χ1) is 13.3. The molecule has 3 rings (SSSR count). The summed E-state index contributed by atoms with van der Waals surface area (Å²) in [5, 5.41) is 13.3. The van der Waals surface area contributed by atoms with Crippen LogP contribution in [0.25, 0.3) is 10.8 Å². The highest BCUT2D eigenvalue weighted by Crippen LogP contribution is 2.29. The largest absolute Gasteiger partial charge is 0.480 e. The molecule has 0 spiro atoms. The normalized spacial score (nSPS) is 12.5. The number of aliphatic carboxylic acids is 1. The fourth-order valence-electron chi connectivity index (χ4n) is 2.97. The highest BCUT2D eigenvalue weighted by Gasteiger charge is 2.31. The van der Waals surface area contributed by atoms with E-state index in [4.69, 9.17) is 0 Å². The number of benzene rings is 3. The molecule has 0 bridgehead atoms. The molecule has 3 aromatic rings. The predicted octanol–water partition coefficient (Wildman–Crippen LogP) is 4.28. The van der Waals surface area contributed by atoms with E-state index in [1.807, 2.05) is 18.2 Å². The number of halogens is 3. The van der Waals surface area contributed by atoms with E-state index in [2.05, 4.69) is 5.32 Å². The van der Waals surface area contributed by atoms with Crippen LogP contribution in [0.5, 0.6) is 0 Å². The smallest absolute Gasteiger partial charge is 0.416 e. The molecule has 0 saturated heterocycles. The summed E-state index contributed by atoms with van der Waals surface area (Å²) >= 11 is 0. The number of rotatable bonds is 5. The molecule has 0 fully saturated rings. The average Bonchev–Trinajstić information content (AvgIpc) is 2.66. The molecule has 7 heteroatoms. The van der Waals surface area contributed by atoms with Gasteiger partial charge in [0.25, 0.3) is 5.91 Å². The van der Waals surface area contributed by atoms with Gasteiger partial charge in [0, 0.05) is 12.0 Å². The lowest BCUT2D eigenvalue weighted by atomic mass is 10.0. The molecule has 1 amide bonds. The quantitative estimate of drug-likeness (QED) is 0.687. The average molecular weight is 387 g/mol. The van der Waals surface area contributed by atoms with Crippen LogP contribution in [0.1, 0.15) is 21.5 Å². The molecular weight excluding hydrogens is 371 g/mol. The summed E-state index contributed by atoms with van der Waals surface area (Å²) in [5.74, 6) is -1.93. The molecule has 0 aliphatic heterocycles. The zero-order chi connectivity index (χ0) is 20.3. The van der Waals surface area contributed by atoms with Crippen molar-refractivity contribution in [3.05, 3.63) is 83.4 Å². The molecule has 0 radical (unpaired) electrons. The van der Waals surface area contributed by atoms with Crippen molar-refractivity contribution in [1.82, 2.24) is 5.32 Å². The summed E-state index contributed by atoms with van der Waals surface area (Å²) in [5.41, 5.74) is -0.400. The molecule has 0 aliphatic carbocycles. The molecule has 1 atom stereocenters. The zero-order valence-electron chi connectivity index (χ0n) is 14.5. The SMILES string of the molecule is O=C(N[C@@H](Cc1cccc(C(F)(F)F)c1)C(=O)O)c1cccc2ccccc12. The first-order valence-electron chi connectivity index (χ1n) is 8.43. The lowest BCUT2D eigenvalue weighted by Gasteiger charge is -2.16. The number of amides is 1. The number of carbonyl (C=O) groups is 2. The van der Waals surface area contributed by atoms with Gasteiger partial charge in [0.1, 0.15) is 6.04 Å². The van der Waals surface area contributed by atoms with Crippen LogP contribution in [-0.4, -0.2) is 23.0 Å². The molecule has 3 aromatic carbocycles. The topological polar surface area (TPSA) is 66.4 Å². The number of fused-ring (bicyclic) bond motifs is 1. The van der Waals surface area contributed by atoms with Crippen LogP contribution in [-0.2, 0) is 17.4 Å². The fourth-order valence-corrected chi connectivity index (χ4v) is 2.97. The van der Waals surface area contributed by atoms with Crippen LogP contribution < -0.4 is 5.32 Å². The van der Waals surface area contributed by atoms with Crippen molar-refractivity contribution in [2.45, 2.75) is 18.6 Å². The van der Waals surface area contributed by atoms with Gasteiger partial charge >= 0.3 is 12.1 Å². The number of carboxylic acids is 1. The van der Waals surface area contributed by atoms with Gasteiger partial charge < -0.3 is 10.4 Å². The lowest BCUT2D eigenvalue weighted by Crippen LogP contribution is -2.42. The van der Waals surface area contributed by atoms with Gasteiger partial charge in [-0.05, 0) is 28.5 Å². The van der Waals surface area contributed by atoms with E-state index in [0.29, 0.717) is 10.9 Å². The second-order valence-electron chi connectivity index (χ2n) is 6.29. The van der Waals surface area contributed by atoms with Crippen molar-refractivity contribution in [3.8, 4) is 0 Å². The van der Waals surface area contributed by atoms with Crippen LogP contribution >= 0.6 is 0 Å². The van der Waals surface area contributed by atoms with Gasteiger partial charge in [0.2, 0.25) is 0 Å². The number of carboxylic acid groups (broad SMARTS) is 1. The number of alkyl halides is 3. The Labute approximate surface area is 158 Å². The van der Waals surface area contributed by atoms with Gasteiger partial charge in [-0.1, -0.05) is 54.6 Å². The van der Waals surface area contributed by atoms with E-state index in [9.17, 15) is 27.9 Å². The van der Waals surface area contributed by atoms with Crippen molar-refractivity contribution in [1.29, 1.82) is 0 Å². The first kappa shape index (κ1) is 19.4. The van der Waals surface area contributed by atoms with Crippen molar-refractivity contribution < 1.29 is 27.9 Å². The van der Waals surface area contributed by atoms with Crippen molar-refractivity contribution in [3.63, 3.8) is 0 Å². The summed E-state index contributed by atoms with van der Waals surface area (Å²) in [6.07, 6.45) is -4.79. The maximum Gasteiger partial charge on any atom is 0.416 e. The number of nitrogens with one attached hydrogen (secondary N) is 1. The molecule has 144 valence electrons. The van der Waals surface area contributed by atoms with Crippen LogP contribution in [0.2, 0.25) is 0 Å². The Bertz CT molecular complexity index is 1030. The Morgan fingerprint density at radius 3 is 2.36 bits per heavy atom. The van der Waals surface area contributed by atoms with E-state index >= 15 is 0 Å². The van der Waals surface area contributed by atoms with Gasteiger partial charge in [-0.15, -0.1) is 0 Å². The van der Waals surface area contributed by atoms with Crippen molar-refractivity contribution >= 4 is 22.6 Å². The second kappa shape index (κ2) is 7.72. The Morgan fingerprint density at radius 2 is 1.64 bits per heavy atom. The number of hydrogen-bond donors (Lipinski definition) is 2. The molecule has 4 nitrogen and oxygen atoms in total. The third-order valence-corrected chi connectivity index (χ3v) is 4.33. The number of carbonyl (C=O) groups excluding carboxylic acids is 1. The Kier molecular flexibility index (Phi) is 5.35. The van der Waals surface area contributed by atoms with Gasteiger partial charge in [0.05, 0.1) is 5.56 Å². The van der Waals surface area contributed by atoms with Crippen LogP contribution in [0.4, 0.5) is 13.2 Å². The van der Waals surface area contributed by atoms with Crippen LogP contribution in [0.3, 0.4) is 0 Å². The summed E-state index contributed by atoms with van der Waals surface area (Å²) in [6.45, 7) is 0. The lowest BCUT2D eigenvalue weighted by molar-refractivity contribution is -0.139. The Morgan fingerprint density at radius 1 is 0.964 bits per heavy atom. The first-order valence-corrected chi connectivity index (χ1v) is 8.43. The minimum atomic E-state index is -4.53. The third kappa shape index (κ3) is 4.31. The van der Waals surface area contributed by atoms with E-state index in [0.717, 1.165) is 17.5 Å². The van der Waals surface area contributed by atoms with E-state index in [1.54, 1.807) is 24.3 Å². The standard InChI is InChI=1S/C21H16F3NO3/c22-21(23,24)15-8-3-5-13(11-15)12-18(20(27)28)25-19(26)17-10-4-7-14-6-1-2-9-16(14)17/h1-11,18H,12H2,(H,25,26)(H,27,28)/t18-/m0/s1. The number of hydrogen-bond acceptors (Lipinski definition) is 2. The summed E-state index contributed by atoms with van der Waals surface area (Å²) in [7, 11) is 0. The van der Waals surface area contributed by atoms with Gasteiger partial charge in [0.15, 0.2) is 0 Å². The maximum absolute atomic E-state index is 12.9. The zero-order valence-corrected chi connectivity index (χ0v) is 14.5. The van der Waals surface area contributed by atoms with E-state index < -0.39 is 29.7 Å². The predicted molar refractivity (Wildman–Crippen MR) is 98.0 cm³/mol. The van der Waals surface area contributed by atoms with Gasteiger partial charge in [-0.2, -0.15) is 13.2 Å². The van der Waals surface area contributed by atoms with Crippen molar-refractivity contribution in [2.75, 3.05) is 0 Å². The Hall–Kier alpha value is -3.35. The van der Waals surface area contributed by atoms with Crippen LogP contribution in [0.15, 0.2) is 66.7 Å². The molecule has 0 unspecified atom stereocenters. The molecule has 0 aliphatic rings. The minimum absolute atomic E-state index is 0.167. The second-order valence-corrected chi connectivity index (χ2v) is 6.29. The maximum atomic E-state index is 12.9. The highest BCUT2D eigenvalue weighted by atomic mass is 19.4. The molecule has 28 heavy (non-hydrogen) atoms. The van der Waals surface area contributed by atoms with Crippen molar-refractivity contribution in [2.24, 2.45) is 0 Å². The van der Waals surface area contributed by atoms with E-state index in [-0.39, 0.29) is 12.0 Å². The van der Waals surface area contributed by atoms with Gasteiger partial charge in [-0.25, -0.2) is 4.79 Å². The summed E-state index contributed by atoms with van der Waals surface area (Å²) in [4.78, 5) is 24.2. The summed E-state index contributed by atoms with van der Waals surface area (Å²) in [6, 6.07) is 15.3. The molecule has 2 N–H and O–H groups in total. The van der Waals surface area contributed by atoms with Gasteiger partial charge in [-0.3, -0.25) is 4.79 Å². The molecule has 0 saturated carbocycles. The summed E-state index contributed by atoms with van der Waals surface area (Å²) < 4.78 is 38.6. The highest BCUT2D eigenvalue weighted by molar-refractivity contribution is 6.07. The molecule has 0 aromatic heterocycles. The molecule has 0 heterocycles. The third-order valence-electron chi connectivity index (χ3n) is 4.33. The minimum Gasteiger partial charge on any atom is -0.480 e. The van der Waals surface area contributed by atoms with Crippen LogP contribution in [0, 0.1) is 0 Å². The Balaban J connectivity index is 1.84. The monoisotopic (exact) mass is 387 g/mol. The fraction of sp³-hybridized carbons (Fsp3) is 0.143. The van der Waals surface area contributed by atoms with E-state index in [1.165, 1.54) is 12.1 Å². The molecular formula is C21H16F3NO3.